The molecule has 1 fully saturated rings. The number of amides is 1. The monoisotopic (exact) mass is 378 g/mol. The van der Waals surface area contributed by atoms with Crippen LogP contribution in [0.5, 0.6) is 0 Å². The molecule has 1 aromatic carbocycles. The van der Waals surface area contributed by atoms with E-state index in [1.807, 2.05) is 0 Å². The Morgan fingerprint density at radius 2 is 2.08 bits per heavy atom. The van der Waals surface area contributed by atoms with Crippen molar-refractivity contribution in [2.45, 2.75) is 19.4 Å². The molecular formula is C17H19FN4O3S. The summed E-state index contributed by atoms with van der Waals surface area (Å²) in [5.74, 6) is 0.0262. The summed E-state index contributed by atoms with van der Waals surface area (Å²) in [6.45, 7) is 1.65. The molecule has 7 nitrogen and oxygen atoms in total. The van der Waals surface area contributed by atoms with E-state index in [4.69, 9.17) is 0 Å². The lowest BCUT2D eigenvalue weighted by Crippen LogP contribution is -2.38. The summed E-state index contributed by atoms with van der Waals surface area (Å²) in [5, 5.41) is 2.94. The number of aromatic nitrogens is 2. The van der Waals surface area contributed by atoms with Crippen LogP contribution in [0.15, 0.2) is 30.3 Å². The third-order valence-corrected chi connectivity index (χ3v) is 5.98. The predicted molar refractivity (Wildman–Crippen MR) is 95.6 cm³/mol. The highest BCUT2D eigenvalue weighted by Crippen LogP contribution is 2.20. The molecule has 138 valence electrons. The van der Waals surface area contributed by atoms with Crippen LogP contribution < -0.4 is 5.32 Å². The Bertz CT molecular complexity index is 949. The number of benzene rings is 1. The highest BCUT2D eigenvalue weighted by Gasteiger charge is 2.33. The van der Waals surface area contributed by atoms with Gasteiger partial charge in [-0.25, -0.2) is 22.8 Å². The van der Waals surface area contributed by atoms with Crippen molar-refractivity contribution < 1.29 is 17.6 Å². The van der Waals surface area contributed by atoms with Gasteiger partial charge in [0.1, 0.15) is 23.2 Å². The number of hydrogen-bond donors (Lipinski definition) is 1. The molecule has 2 aromatic rings. The Kier molecular flexibility index (Phi) is 4.90. The van der Waals surface area contributed by atoms with E-state index in [0.717, 1.165) is 0 Å². The van der Waals surface area contributed by atoms with Crippen LogP contribution in [-0.2, 0) is 9.84 Å². The Balaban J connectivity index is 1.81. The van der Waals surface area contributed by atoms with Gasteiger partial charge in [-0.1, -0.05) is 6.07 Å². The van der Waals surface area contributed by atoms with Gasteiger partial charge < -0.3 is 10.2 Å². The van der Waals surface area contributed by atoms with Gasteiger partial charge in [-0.3, -0.25) is 4.79 Å². The maximum Gasteiger partial charge on any atom is 0.272 e. The fourth-order valence-corrected chi connectivity index (χ4v) is 4.66. The van der Waals surface area contributed by atoms with Crippen LogP contribution in [0.2, 0.25) is 0 Å². The molecule has 1 N–H and O–H groups in total. The summed E-state index contributed by atoms with van der Waals surface area (Å²) in [7, 11) is -1.52. The largest absolute Gasteiger partial charge is 0.340 e. The van der Waals surface area contributed by atoms with E-state index in [2.05, 4.69) is 15.3 Å². The highest BCUT2D eigenvalue weighted by molar-refractivity contribution is 7.91. The fourth-order valence-electron chi connectivity index (χ4n) is 2.88. The van der Waals surface area contributed by atoms with Crippen LogP contribution in [-0.4, -0.2) is 53.8 Å². The molecule has 2 heterocycles. The number of carbonyl (C=O) groups excluding carboxylic acids is 1. The number of nitrogens with one attached hydrogen (secondary N) is 1. The van der Waals surface area contributed by atoms with E-state index in [-0.39, 0.29) is 35.0 Å². The van der Waals surface area contributed by atoms with Crippen molar-refractivity contribution in [3.8, 4) is 0 Å². The van der Waals surface area contributed by atoms with Crippen LogP contribution in [0, 0.1) is 12.7 Å². The summed E-state index contributed by atoms with van der Waals surface area (Å²) in [4.78, 5) is 22.5. The van der Waals surface area contributed by atoms with Crippen molar-refractivity contribution >= 4 is 27.2 Å². The van der Waals surface area contributed by atoms with E-state index in [1.165, 1.54) is 23.1 Å². The highest BCUT2D eigenvalue weighted by atomic mass is 32.2. The molecular weight excluding hydrogens is 359 g/mol. The number of sulfone groups is 1. The molecule has 26 heavy (non-hydrogen) atoms. The van der Waals surface area contributed by atoms with E-state index >= 15 is 0 Å². The summed E-state index contributed by atoms with van der Waals surface area (Å²) in [6.07, 6.45) is 0.420. The smallest absolute Gasteiger partial charge is 0.272 e. The molecule has 0 radical (unpaired) electrons. The van der Waals surface area contributed by atoms with Crippen LogP contribution in [0.4, 0.5) is 15.9 Å². The van der Waals surface area contributed by atoms with E-state index in [0.29, 0.717) is 23.8 Å². The lowest BCUT2D eigenvalue weighted by Gasteiger charge is -2.23. The number of carbonyl (C=O) groups is 1. The Morgan fingerprint density at radius 3 is 2.73 bits per heavy atom. The number of rotatable bonds is 4. The average Bonchev–Trinajstić information content (AvgIpc) is 2.93. The number of hydrogen-bond acceptors (Lipinski definition) is 6. The lowest BCUT2D eigenvalue weighted by atomic mass is 10.2. The normalized spacial score (nSPS) is 18.5. The predicted octanol–water partition coefficient (Wildman–Crippen LogP) is 1.93. The first-order valence-electron chi connectivity index (χ1n) is 8.09. The zero-order chi connectivity index (χ0) is 18.9. The topological polar surface area (TPSA) is 92.3 Å². The minimum atomic E-state index is -3.09. The van der Waals surface area contributed by atoms with Crippen molar-refractivity contribution in [1.82, 2.24) is 14.9 Å². The van der Waals surface area contributed by atoms with Gasteiger partial charge in [0, 0.05) is 24.8 Å². The van der Waals surface area contributed by atoms with Crippen molar-refractivity contribution in [3.05, 3.63) is 47.7 Å². The van der Waals surface area contributed by atoms with Gasteiger partial charge in [0.25, 0.3) is 5.91 Å². The molecule has 0 spiro atoms. The number of anilines is 2. The Morgan fingerprint density at radius 1 is 1.31 bits per heavy atom. The zero-order valence-corrected chi connectivity index (χ0v) is 15.3. The number of aryl methyl sites for hydroxylation is 1. The van der Waals surface area contributed by atoms with Gasteiger partial charge >= 0.3 is 0 Å². The quantitative estimate of drug-likeness (QED) is 0.874. The molecule has 1 atom stereocenters. The van der Waals surface area contributed by atoms with Gasteiger partial charge in [0.05, 0.1) is 11.5 Å². The minimum Gasteiger partial charge on any atom is -0.340 e. The van der Waals surface area contributed by atoms with Gasteiger partial charge in [-0.2, -0.15) is 0 Å². The Labute approximate surface area is 151 Å². The lowest BCUT2D eigenvalue weighted by molar-refractivity contribution is 0.0741. The first-order valence-corrected chi connectivity index (χ1v) is 9.91. The summed E-state index contributed by atoms with van der Waals surface area (Å²) < 4.78 is 36.6. The van der Waals surface area contributed by atoms with E-state index in [1.54, 1.807) is 26.1 Å². The Hall–Kier alpha value is -2.55. The van der Waals surface area contributed by atoms with Crippen LogP contribution in [0.1, 0.15) is 22.7 Å². The van der Waals surface area contributed by atoms with Gasteiger partial charge in [0.15, 0.2) is 9.84 Å². The van der Waals surface area contributed by atoms with Crippen molar-refractivity contribution in [1.29, 1.82) is 0 Å². The average molecular weight is 378 g/mol. The SMILES string of the molecule is Cc1nc(Nc2cccc(F)c2)cc(C(=O)N(C)C2CCS(=O)(=O)C2)n1. The standard InChI is InChI=1S/C17H19FN4O3S/c1-11-19-15(17(23)22(2)14-6-7-26(24,25)10-14)9-16(20-11)21-13-5-3-4-12(18)8-13/h3-5,8-9,14H,6-7,10H2,1-2H3,(H,19,20,21). The maximum absolute atomic E-state index is 13.3. The first kappa shape index (κ1) is 18.2. The van der Waals surface area contributed by atoms with Crippen molar-refractivity contribution in [2.24, 2.45) is 0 Å². The summed E-state index contributed by atoms with van der Waals surface area (Å²) >= 11 is 0. The molecule has 1 saturated heterocycles. The van der Waals surface area contributed by atoms with Crippen LogP contribution in [0.25, 0.3) is 0 Å². The maximum atomic E-state index is 13.3. The zero-order valence-electron chi connectivity index (χ0n) is 14.4. The van der Waals surface area contributed by atoms with E-state index in [9.17, 15) is 17.6 Å². The summed E-state index contributed by atoms with van der Waals surface area (Å²) in [6, 6.07) is 7.00. The van der Waals surface area contributed by atoms with Gasteiger partial charge in [-0.05, 0) is 31.5 Å². The molecule has 1 unspecified atom stereocenters. The summed E-state index contributed by atoms with van der Waals surface area (Å²) in [5.41, 5.74) is 0.653. The second-order valence-electron chi connectivity index (χ2n) is 6.29. The molecule has 1 amide bonds. The first-order chi connectivity index (χ1) is 12.2. The second kappa shape index (κ2) is 6.99. The van der Waals surface area contributed by atoms with Gasteiger partial charge in [-0.15, -0.1) is 0 Å². The minimum absolute atomic E-state index is 0.0340. The molecule has 1 aliphatic rings. The molecule has 1 aliphatic heterocycles. The molecule has 1 aromatic heterocycles. The molecule has 0 saturated carbocycles. The molecule has 0 bridgehead atoms. The van der Waals surface area contributed by atoms with Crippen molar-refractivity contribution in [2.75, 3.05) is 23.9 Å². The fraction of sp³-hybridized carbons (Fsp3) is 0.353. The third kappa shape index (κ3) is 4.16. The molecule has 3 rings (SSSR count). The second-order valence-corrected chi connectivity index (χ2v) is 8.52. The van der Waals surface area contributed by atoms with Crippen LogP contribution in [0.3, 0.4) is 0 Å². The number of halogens is 1. The van der Waals surface area contributed by atoms with Gasteiger partial charge in [0.2, 0.25) is 0 Å². The van der Waals surface area contributed by atoms with Crippen molar-refractivity contribution in [3.63, 3.8) is 0 Å². The molecule has 9 heteroatoms. The number of nitrogens with zero attached hydrogens (tertiary/aromatic N) is 3. The third-order valence-electron chi connectivity index (χ3n) is 4.23. The molecule has 0 aliphatic carbocycles. The van der Waals surface area contributed by atoms with E-state index < -0.39 is 9.84 Å². The van der Waals surface area contributed by atoms with Crippen LogP contribution >= 0.6 is 0 Å².